The van der Waals surface area contributed by atoms with Gasteiger partial charge >= 0.3 is 0 Å². The molecule has 0 aromatic heterocycles. The molecule has 3 nitrogen and oxygen atoms in total. The van der Waals surface area contributed by atoms with Gasteiger partial charge in [-0.2, -0.15) is 0 Å². The van der Waals surface area contributed by atoms with Gasteiger partial charge in [-0.15, -0.1) is 0 Å². The highest BCUT2D eigenvalue weighted by Gasteiger charge is 2.16. The van der Waals surface area contributed by atoms with E-state index in [-0.39, 0.29) is 34.5 Å². The maximum Gasteiger partial charge on any atom is 0.252 e. The largest absolute Gasteiger partial charge is 0.490 e. The van der Waals surface area contributed by atoms with Crippen LogP contribution in [0.5, 0.6) is 11.5 Å². The third kappa shape index (κ3) is 3.90. The number of rotatable bonds is 6. The Morgan fingerprint density at radius 1 is 1.23 bits per heavy atom. The highest BCUT2D eigenvalue weighted by atomic mass is 35.5. The zero-order valence-corrected chi connectivity index (χ0v) is 13.2. The minimum Gasteiger partial charge on any atom is -0.490 e. The van der Waals surface area contributed by atoms with Gasteiger partial charge in [0, 0.05) is 11.1 Å². The minimum absolute atomic E-state index is 0.0133. The van der Waals surface area contributed by atoms with Gasteiger partial charge in [0.15, 0.2) is 11.5 Å². The molecule has 0 fully saturated rings. The van der Waals surface area contributed by atoms with Gasteiger partial charge in [0.2, 0.25) is 0 Å². The molecule has 2 aromatic carbocycles. The standard InChI is InChI=1S/C16H13Cl2FO3/c1-2-21-14-8-11(16(18)20)7-12(17)15(14)22-9-10-5-3-4-6-13(10)19/h3-8H,2,9H2,1H3. The Balaban J connectivity index is 2.29. The Hall–Kier alpha value is -1.78. The number of hydrogen-bond acceptors (Lipinski definition) is 3. The van der Waals surface area contributed by atoms with Gasteiger partial charge in [-0.25, -0.2) is 4.39 Å². The van der Waals surface area contributed by atoms with Crippen molar-refractivity contribution in [2.24, 2.45) is 0 Å². The van der Waals surface area contributed by atoms with Crippen molar-refractivity contribution in [3.63, 3.8) is 0 Å². The molecule has 2 aromatic rings. The van der Waals surface area contributed by atoms with Crippen molar-refractivity contribution in [1.82, 2.24) is 0 Å². The second-order valence-corrected chi connectivity index (χ2v) is 5.12. The van der Waals surface area contributed by atoms with Crippen LogP contribution in [0.4, 0.5) is 4.39 Å². The normalized spacial score (nSPS) is 10.4. The molecule has 116 valence electrons. The average molecular weight is 343 g/mol. The van der Waals surface area contributed by atoms with Crippen molar-refractivity contribution in [2.45, 2.75) is 13.5 Å². The summed E-state index contributed by atoms with van der Waals surface area (Å²) >= 11 is 11.6. The SMILES string of the molecule is CCOc1cc(C(=O)Cl)cc(Cl)c1OCc1ccccc1F. The molecule has 0 bridgehead atoms. The number of halogens is 3. The summed E-state index contributed by atoms with van der Waals surface area (Å²) < 4.78 is 24.6. The third-order valence-electron chi connectivity index (χ3n) is 2.87. The lowest BCUT2D eigenvalue weighted by molar-refractivity contribution is 0.108. The number of ether oxygens (including phenoxy) is 2. The molecule has 0 unspecified atom stereocenters. The van der Waals surface area contributed by atoms with Crippen molar-refractivity contribution < 1.29 is 18.7 Å². The van der Waals surface area contributed by atoms with Crippen LogP contribution in [-0.4, -0.2) is 11.8 Å². The summed E-state index contributed by atoms with van der Waals surface area (Å²) in [4.78, 5) is 11.3. The van der Waals surface area contributed by atoms with Crippen LogP contribution in [0.2, 0.25) is 5.02 Å². The van der Waals surface area contributed by atoms with Gasteiger partial charge in [0.25, 0.3) is 5.24 Å². The van der Waals surface area contributed by atoms with Crippen LogP contribution < -0.4 is 9.47 Å². The Morgan fingerprint density at radius 2 is 1.95 bits per heavy atom. The molecule has 0 radical (unpaired) electrons. The summed E-state index contributed by atoms with van der Waals surface area (Å²) in [7, 11) is 0. The summed E-state index contributed by atoms with van der Waals surface area (Å²) in [6, 6.07) is 9.09. The lowest BCUT2D eigenvalue weighted by atomic mass is 10.2. The van der Waals surface area contributed by atoms with Crippen LogP contribution in [0.25, 0.3) is 0 Å². The smallest absolute Gasteiger partial charge is 0.252 e. The van der Waals surface area contributed by atoms with E-state index < -0.39 is 5.24 Å². The second-order valence-electron chi connectivity index (χ2n) is 4.37. The third-order valence-corrected chi connectivity index (χ3v) is 3.37. The zero-order valence-electron chi connectivity index (χ0n) is 11.7. The highest BCUT2D eigenvalue weighted by molar-refractivity contribution is 6.67. The Morgan fingerprint density at radius 3 is 2.59 bits per heavy atom. The van der Waals surface area contributed by atoms with Gasteiger partial charge in [-0.1, -0.05) is 29.8 Å². The molecule has 0 atom stereocenters. The number of hydrogen-bond donors (Lipinski definition) is 0. The fraction of sp³-hybridized carbons (Fsp3) is 0.188. The number of carbonyl (C=O) groups is 1. The maximum absolute atomic E-state index is 13.6. The van der Waals surface area contributed by atoms with Gasteiger partial charge in [0.1, 0.15) is 12.4 Å². The molecule has 0 aliphatic carbocycles. The van der Waals surface area contributed by atoms with E-state index in [9.17, 15) is 9.18 Å². The predicted molar refractivity (Wildman–Crippen MR) is 83.5 cm³/mol. The summed E-state index contributed by atoms with van der Waals surface area (Å²) in [5.41, 5.74) is 0.590. The first-order valence-corrected chi connectivity index (χ1v) is 7.31. The molecule has 0 heterocycles. The fourth-order valence-corrected chi connectivity index (χ4v) is 2.22. The molecule has 0 saturated carbocycles. The topological polar surface area (TPSA) is 35.5 Å². The van der Waals surface area contributed by atoms with Crippen LogP contribution >= 0.6 is 23.2 Å². The molecular formula is C16H13Cl2FO3. The second kappa shape index (κ2) is 7.47. The van der Waals surface area contributed by atoms with Crippen LogP contribution in [0, 0.1) is 5.82 Å². The Labute approximate surface area is 137 Å². The molecule has 2 rings (SSSR count). The first-order chi connectivity index (χ1) is 10.5. The van der Waals surface area contributed by atoms with E-state index in [0.717, 1.165) is 0 Å². The van der Waals surface area contributed by atoms with Gasteiger partial charge in [0.05, 0.1) is 11.6 Å². The maximum atomic E-state index is 13.6. The van der Waals surface area contributed by atoms with E-state index >= 15 is 0 Å². The van der Waals surface area contributed by atoms with E-state index in [1.807, 2.05) is 0 Å². The summed E-state index contributed by atoms with van der Waals surface area (Å²) in [6.07, 6.45) is 0. The van der Waals surface area contributed by atoms with Crippen molar-refractivity contribution in [2.75, 3.05) is 6.61 Å². The van der Waals surface area contributed by atoms with E-state index in [1.165, 1.54) is 18.2 Å². The Kier molecular flexibility index (Phi) is 5.63. The summed E-state index contributed by atoms with van der Waals surface area (Å²) in [6.45, 7) is 2.12. The van der Waals surface area contributed by atoms with Crippen LogP contribution in [0.15, 0.2) is 36.4 Å². The van der Waals surface area contributed by atoms with Crippen molar-refractivity contribution in [3.8, 4) is 11.5 Å². The fourth-order valence-electron chi connectivity index (χ4n) is 1.85. The van der Waals surface area contributed by atoms with E-state index in [1.54, 1.807) is 25.1 Å². The van der Waals surface area contributed by atoms with E-state index in [4.69, 9.17) is 32.7 Å². The van der Waals surface area contributed by atoms with Gasteiger partial charge in [-0.3, -0.25) is 4.79 Å². The average Bonchev–Trinajstić information content (AvgIpc) is 2.48. The highest BCUT2D eigenvalue weighted by Crippen LogP contribution is 2.37. The monoisotopic (exact) mass is 342 g/mol. The van der Waals surface area contributed by atoms with Crippen molar-refractivity contribution in [1.29, 1.82) is 0 Å². The lowest BCUT2D eigenvalue weighted by Gasteiger charge is -2.14. The molecular weight excluding hydrogens is 330 g/mol. The minimum atomic E-state index is -0.650. The molecule has 0 amide bonds. The Bertz CT molecular complexity index is 689. The molecule has 22 heavy (non-hydrogen) atoms. The molecule has 0 aliphatic heterocycles. The quantitative estimate of drug-likeness (QED) is 0.705. The molecule has 0 N–H and O–H groups in total. The van der Waals surface area contributed by atoms with Crippen LogP contribution in [0.1, 0.15) is 22.8 Å². The van der Waals surface area contributed by atoms with E-state index in [0.29, 0.717) is 12.2 Å². The lowest BCUT2D eigenvalue weighted by Crippen LogP contribution is -2.03. The molecule has 6 heteroatoms. The molecule has 0 spiro atoms. The zero-order chi connectivity index (χ0) is 16.1. The summed E-state index contributed by atoms with van der Waals surface area (Å²) in [5.74, 6) is 0.160. The van der Waals surface area contributed by atoms with Crippen LogP contribution in [0.3, 0.4) is 0 Å². The van der Waals surface area contributed by atoms with Gasteiger partial charge in [-0.05, 0) is 36.7 Å². The number of benzene rings is 2. The number of carbonyl (C=O) groups excluding carboxylic acids is 1. The first kappa shape index (κ1) is 16.6. The van der Waals surface area contributed by atoms with Gasteiger partial charge < -0.3 is 9.47 Å². The van der Waals surface area contributed by atoms with Crippen molar-refractivity contribution >= 4 is 28.4 Å². The predicted octanol–water partition coefficient (Wildman–Crippen LogP) is 4.84. The molecule has 0 saturated heterocycles. The molecule has 0 aliphatic rings. The van der Waals surface area contributed by atoms with E-state index in [2.05, 4.69) is 0 Å². The first-order valence-electron chi connectivity index (χ1n) is 6.55. The van der Waals surface area contributed by atoms with Crippen LogP contribution in [-0.2, 0) is 6.61 Å². The summed E-state index contributed by atoms with van der Waals surface area (Å²) in [5, 5.41) is -0.477. The van der Waals surface area contributed by atoms with Crippen molar-refractivity contribution in [3.05, 3.63) is 58.4 Å².